The molecule has 25 heavy (non-hydrogen) atoms. The third-order valence-electron chi connectivity index (χ3n) is 5.01. The molecule has 5 heteroatoms. The van der Waals surface area contributed by atoms with Crippen LogP contribution in [0.5, 0.6) is 0 Å². The number of hydrogen-bond donors (Lipinski definition) is 1. The third-order valence-corrected chi connectivity index (χ3v) is 5.01. The zero-order valence-corrected chi connectivity index (χ0v) is 15.0. The van der Waals surface area contributed by atoms with E-state index in [2.05, 4.69) is 4.98 Å². The highest BCUT2D eigenvalue weighted by atomic mass is 16.3. The number of hydrogen-bond acceptors (Lipinski definition) is 4. The number of aliphatic hydroxyl groups is 1. The molecule has 0 saturated carbocycles. The molecule has 1 amide bonds. The molecule has 1 N–H and O–H groups in total. The number of likely N-dealkylation sites (tertiary alicyclic amines) is 1. The Morgan fingerprint density at radius 2 is 2.00 bits per heavy atom. The Morgan fingerprint density at radius 1 is 1.28 bits per heavy atom. The second kappa shape index (κ2) is 6.94. The van der Waals surface area contributed by atoms with E-state index in [-0.39, 0.29) is 11.9 Å². The first kappa shape index (κ1) is 17.6. The van der Waals surface area contributed by atoms with Gasteiger partial charge in [-0.05, 0) is 44.6 Å². The minimum atomic E-state index is -0.966. The maximum Gasteiger partial charge on any atom is 0.255 e. The summed E-state index contributed by atoms with van der Waals surface area (Å²) in [6.07, 6.45) is 3.85. The number of likely N-dealkylation sites (N-methyl/N-ethyl adjacent to an activating group) is 1. The molecule has 0 spiro atoms. The average Bonchev–Trinajstić information content (AvgIpc) is 2.62. The highest BCUT2D eigenvalue weighted by Crippen LogP contribution is 2.35. The summed E-state index contributed by atoms with van der Waals surface area (Å²) in [5.74, 6) is -0.0295. The lowest BCUT2D eigenvalue weighted by Gasteiger charge is -2.47. The van der Waals surface area contributed by atoms with E-state index in [1.807, 2.05) is 67.2 Å². The van der Waals surface area contributed by atoms with Crippen LogP contribution in [0.2, 0.25) is 0 Å². The number of carbonyl (C=O) groups is 1. The van der Waals surface area contributed by atoms with Crippen molar-refractivity contribution < 1.29 is 9.90 Å². The minimum Gasteiger partial charge on any atom is -0.383 e. The standard InChI is InChI=1S/C20H25N3O2/c1-15-11-16(13-21-12-15)19(24)23-10-9-20(25,18(14-23)22(2)3)17-7-5-4-6-8-17/h4-8,11-13,18,25H,9-10,14H2,1-3H3/t18-,20+/m1/s1. The smallest absolute Gasteiger partial charge is 0.255 e. The van der Waals surface area contributed by atoms with Gasteiger partial charge < -0.3 is 14.9 Å². The van der Waals surface area contributed by atoms with E-state index in [1.165, 1.54) is 0 Å². The Morgan fingerprint density at radius 3 is 2.64 bits per heavy atom. The molecule has 0 aliphatic carbocycles. The largest absolute Gasteiger partial charge is 0.383 e. The molecule has 2 atom stereocenters. The van der Waals surface area contributed by atoms with E-state index in [4.69, 9.17) is 0 Å². The van der Waals surface area contributed by atoms with Crippen LogP contribution in [0, 0.1) is 6.92 Å². The third kappa shape index (κ3) is 3.43. The number of aryl methyl sites for hydroxylation is 1. The first-order valence-corrected chi connectivity index (χ1v) is 8.57. The van der Waals surface area contributed by atoms with Crippen LogP contribution in [0.1, 0.15) is 27.9 Å². The summed E-state index contributed by atoms with van der Waals surface area (Å²) in [4.78, 5) is 20.8. The molecule has 0 unspecified atom stereocenters. The van der Waals surface area contributed by atoms with Crippen LogP contribution >= 0.6 is 0 Å². The van der Waals surface area contributed by atoms with Gasteiger partial charge in [-0.15, -0.1) is 0 Å². The number of rotatable bonds is 3. The van der Waals surface area contributed by atoms with Crippen molar-refractivity contribution in [3.05, 3.63) is 65.5 Å². The summed E-state index contributed by atoms with van der Waals surface area (Å²) >= 11 is 0. The van der Waals surface area contributed by atoms with E-state index < -0.39 is 5.60 Å². The van der Waals surface area contributed by atoms with Crippen molar-refractivity contribution in [1.29, 1.82) is 0 Å². The average molecular weight is 339 g/mol. The molecular weight excluding hydrogens is 314 g/mol. The molecule has 1 aliphatic heterocycles. The molecular formula is C20H25N3O2. The maximum atomic E-state index is 12.9. The summed E-state index contributed by atoms with van der Waals surface area (Å²) in [7, 11) is 3.89. The van der Waals surface area contributed by atoms with E-state index in [1.54, 1.807) is 12.4 Å². The van der Waals surface area contributed by atoms with E-state index in [9.17, 15) is 9.90 Å². The summed E-state index contributed by atoms with van der Waals surface area (Å²) < 4.78 is 0. The molecule has 2 heterocycles. The topological polar surface area (TPSA) is 56.7 Å². The van der Waals surface area contributed by atoms with Crippen LogP contribution in [0.25, 0.3) is 0 Å². The summed E-state index contributed by atoms with van der Waals surface area (Å²) in [5, 5.41) is 11.4. The fourth-order valence-electron chi connectivity index (χ4n) is 3.62. The van der Waals surface area contributed by atoms with E-state index in [0.717, 1.165) is 11.1 Å². The monoisotopic (exact) mass is 339 g/mol. The van der Waals surface area contributed by atoms with Gasteiger partial charge in [-0.3, -0.25) is 9.78 Å². The van der Waals surface area contributed by atoms with Gasteiger partial charge >= 0.3 is 0 Å². The minimum absolute atomic E-state index is 0.0295. The zero-order valence-electron chi connectivity index (χ0n) is 15.0. The van der Waals surface area contributed by atoms with Gasteiger partial charge in [0.25, 0.3) is 5.91 Å². The van der Waals surface area contributed by atoms with Crippen LogP contribution in [0.3, 0.4) is 0 Å². The lowest BCUT2D eigenvalue weighted by molar-refractivity contribution is -0.0810. The molecule has 0 radical (unpaired) electrons. The molecule has 1 fully saturated rings. The van der Waals surface area contributed by atoms with E-state index in [0.29, 0.717) is 25.1 Å². The number of pyridine rings is 1. The van der Waals surface area contributed by atoms with Crippen molar-refractivity contribution in [3.63, 3.8) is 0 Å². The molecule has 1 saturated heterocycles. The summed E-state index contributed by atoms with van der Waals surface area (Å²) in [6, 6.07) is 11.4. The second-order valence-corrected chi connectivity index (χ2v) is 7.02. The van der Waals surface area contributed by atoms with Crippen molar-refractivity contribution in [2.45, 2.75) is 25.0 Å². The Balaban J connectivity index is 1.86. The summed E-state index contributed by atoms with van der Waals surface area (Å²) in [6.45, 7) is 2.92. The van der Waals surface area contributed by atoms with Gasteiger partial charge in [0.15, 0.2) is 0 Å². The molecule has 2 aromatic rings. The Hall–Kier alpha value is -2.24. The van der Waals surface area contributed by atoms with Crippen LogP contribution in [0.4, 0.5) is 0 Å². The highest BCUT2D eigenvalue weighted by Gasteiger charge is 2.45. The van der Waals surface area contributed by atoms with Crippen LogP contribution in [0.15, 0.2) is 48.8 Å². The zero-order chi connectivity index (χ0) is 18.0. The SMILES string of the molecule is Cc1cncc(C(=O)N2CC[C@](O)(c3ccccc3)[C@H](N(C)C)C2)c1. The lowest BCUT2D eigenvalue weighted by Crippen LogP contribution is -2.60. The molecule has 3 rings (SSSR count). The molecule has 1 aromatic carbocycles. The fraction of sp³-hybridized carbons (Fsp3) is 0.400. The number of aromatic nitrogens is 1. The number of amides is 1. The van der Waals surface area contributed by atoms with Gasteiger partial charge in [-0.1, -0.05) is 30.3 Å². The van der Waals surface area contributed by atoms with Gasteiger partial charge in [0.05, 0.1) is 11.6 Å². The van der Waals surface area contributed by atoms with Gasteiger partial charge in [0.1, 0.15) is 5.60 Å². The molecule has 1 aliphatic rings. The molecule has 132 valence electrons. The van der Waals surface area contributed by atoms with Crippen molar-refractivity contribution in [2.75, 3.05) is 27.2 Å². The first-order chi connectivity index (χ1) is 11.9. The normalized spacial score (nSPS) is 23.7. The van der Waals surface area contributed by atoms with E-state index >= 15 is 0 Å². The van der Waals surface area contributed by atoms with Crippen LogP contribution < -0.4 is 0 Å². The van der Waals surface area contributed by atoms with Crippen LogP contribution in [-0.4, -0.2) is 59.0 Å². The fourth-order valence-corrected chi connectivity index (χ4v) is 3.62. The summed E-state index contributed by atoms with van der Waals surface area (Å²) in [5.41, 5.74) is 1.50. The Bertz CT molecular complexity index is 748. The van der Waals surface area contributed by atoms with Gasteiger partial charge in [0.2, 0.25) is 0 Å². The van der Waals surface area contributed by atoms with Crippen molar-refractivity contribution in [1.82, 2.24) is 14.8 Å². The van der Waals surface area contributed by atoms with Crippen LogP contribution in [-0.2, 0) is 5.60 Å². The predicted octanol–water partition coefficient (Wildman–Crippen LogP) is 2.05. The predicted molar refractivity (Wildman–Crippen MR) is 97.3 cm³/mol. The Labute approximate surface area is 148 Å². The maximum absolute atomic E-state index is 12.9. The highest BCUT2D eigenvalue weighted by molar-refractivity contribution is 5.94. The quantitative estimate of drug-likeness (QED) is 0.930. The second-order valence-electron chi connectivity index (χ2n) is 7.02. The first-order valence-electron chi connectivity index (χ1n) is 8.57. The van der Waals surface area contributed by atoms with Gasteiger partial charge in [-0.25, -0.2) is 0 Å². The van der Waals surface area contributed by atoms with Crippen molar-refractivity contribution in [2.24, 2.45) is 0 Å². The molecule has 5 nitrogen and oxygen atoms in total. The van der Waals surface area contributed by atoms with Crippen molar-refractivity contribution in [3.8, 4) is 0 Å². The van der Waals surface area contributed by atoms with Gasteiger partial charge in [0, 0.05) is 25.5 Å². The lowest BCUT2D eigenvalue weighted by atomic mass is 9.79. The molecule has 0 bridgehead atoms. The van der Waals surface area contributed by atoms with Gasteiger partial charge in [-0.2, -0.15) is 0 Å². The Kier molecular flexibility index (Phi) is 4.88. The number of carbonyl (C=O) groups excluding carboxylic acids is 1. The number of piperidine rings is 1. The van der Waals surface area contributed by atoms with Crippen molar-refractivity contribution >= 4 is 5.91 Å². The number of benzene rings is 1. The molecule has 1 aromatic heterocycles. The number of nitrogens with zero attached hydrogens (tertiary/aromatic N) is 3.